The lowest BCUT2D eigenvalue weighted by molar-refractivity contribution is -0.129. The first-order valence-corrected chi connectivity index (χ1v) is 6.54. The van der Waals surface area contributed by atoms with Crippen LogP contribution in [0.2, 0.25) is 0 Å². The van der Waals surface area contributed by atoms with Crippen LogP contribution in [0.15, 0.2) is 0 Å². The molecule has 0 aromatic rings. The SMILES string of the molecule is CCOC1CCC2C1OCCN2C(C)(C)C. The Bertz CT molecular complexity index is 237. The van der Waals surface area contributed by atoms with E-state index in [9.17, 15) is 0 Å². The van der Waals surface area contributed by atoms with Gasteiger partial charge >= 0.3 is 0 Å². The first-order chi connectivity index (χ1) is 7.54. The molecule has 1 aliphatic carbocycles. The minimum absolute atomic E-state index is 0.244. The molecule has 94 valence electrons. The summed E-state index contributed by atoms with van der Waals surface area (Å²) in [6.07, 6.45) is 2.98. The van der Waals surface area contributed by atoms with Crippen LogP contribution in [0.3, 0.4) is 0 Å². The van der Waals surface area contributed by atoms with Gasteiger partial charge in [0.15, 0.2) is 0 Å². The largest absolute Gasteiger partial charge is 0.376 e. The molecule has 3 nitrogen and oxygen atoms in total. The Morgan fingerprint density at radius 1 is 1.31 bits per heavy atom. The first kappa shape index (κ1) is 12.3. The van der Waals surface area contributed by atoms with Crippen molar-refractivity contribution in [3.63, 3.8) is 0 Å². The monoisotopic (exact) mass is 227 g/mol. The predicted molar refractivity (Wildman–Crippen MR) is 64.6 cm³/mol. The minimum Gasteiger partial charge on any atom is -0.376 e. The molecule has 3 heteroatoms. The third kappa shape index (κ3) is 2.27. The van der Waals surface area contributed by atoms with Gasteiger partial charge in [0.1, 0.15) is 0 Å². The summed E-state index contributed by atoms with van der Waals surface area (Å²) in [6, 6.07) is 0.560. The fourth-order valence-corrected chi connectivity index (χ4v) is 3.14. The number of nitrogens with zero attached hydrogens (tertiary/aromatic N) is 1. The molecule has 3 unspecified atom stereocenters. The molecular formula is C13H25NO2. The highest BCUT2D eigenvalue weighted by atomic mass is 16.5. The van der Waals surface area contributed by atoms with Gasteiger partial charge in [-0.15, -0.1) is 0 Å². The molecule has 0 spiro atoms. The molecule has 0 amide bonds. The average molecular weight is 227 g/mol. The second kappa shape index (κ2) is 4.63. The molecule has 0 radical (unpaired) electrons. The van der Waals surface area contributed by atoms with E-state index < -0.39 is 0 Å². The van der Waals surface area contributed by atoms with Gasteiger partial charge in [-0.3, -0.25) is 4.90 Å². The van der Waals surface area contributed by atoms with E-state index in [1.54, 1.807) is 0 Å². The third-order valence-corrected chi connectivity index (χ3v) is 3.78. The normalized spacial score (nSPS) is 36.4. The smallest absolute Gasteiger partial charge is 0.0992 e. The molecule has 0 aromatic heterocycles. The van der Waals surface area contributed by atoms with E-state index in [1.807, 2.05) is 0 Å². The molecule has 0 aromatic carbocycles. The third-order valence-electron chi connectivity index (χ3n) is 3.78. The highest BCUT2D eigenvalue weighted by Gasteiger charge is 2.45. The zero-order chi connectivity index (χ0) is 11.8. The van der Waals surface area contributed by atoms with Crippen LogP contribution in [0.1, 0.15) is 40.5 Å². The summed E-state index contributed by atoms with van der Waals surface area (Å²) in [5, 5.41) is 0. The summed E-state index contributed by atoms with van der Waals surface area (Å²) in [7, 11) is 0. The van der Waals surface area contributed by atoms with Gasteiger partial charge in [0.2, 0.25) is 0 Å². The molecule has 1 heterocycles. The second-order valence-electron chi connectivity index (χ2n) is 5.84. The highest BCUT2D eigenvalue weighted by Crippen LogP contribution is 2.35. The van der Waals surface area contributed by atoms with E-state index in [0.29, 0.717) is 18.2 Å². The van der Waals surface area contributed by atoms with E-state index in [0.717, 1.165) is 26.2 Å². The van der Waals surface area contributed by atoms with E-state index in [4.69, 9.17) is 9.47 Å². The summed E-state index contributed by atoms with van der Waals surface area (Å²) in [5.41, 5.74) is 0.244. The number of hydrogen-bond acceptors (Lipinski definition) is 3. The maximum absolute atomic E-state index is 5.93. The van der Waals surface area contributed by atoms with Gasteiger partial charge in [0.25, 0.3) is 0 Å². The molecular weight excluding hydrogens is 202 g/mol. The van der Waals surface area contributed by atoms with E-state index in [2.05, 4.69) is 32.6 Å². The van der Waals surface area contributed by atoms with Gasteiger partial charge in [0.05, 0.1) is 18.8 Å². The van der Waals surface area contributed by atoms with Gasteiger partial charge in [-0.25, -0.2) is 0 Å². The maximum Gasteiger partial charge on any atom is 0.0992 e. The summed E-state index contributed by atoms with van der Waals surface area (Å²) in [4.78, 5) is 2.60. The van der Waals surface area contributed by atoms with E-state index >= 15 is 0 Å². The zero-order valence-corrected chi connectivity index (χ0v) is 11.0. The van der Waals surface area contributed by atoms with Crippen molar-refractivity contribution >= 4 is 0 Å². The van der Waals surface area contributed by atoms with Crippen molar-refractivity contribution in [3.05, 3.63) is 0 Å². The van der Waals surface area contributed by atoms with Gasteiger partial charge < -0.3 is 9.47 Å². The van der Waals surface area contributed by atoms with Crippen LogP contribution in [-0.2, 0) is 9.47 Å². The van der Waals surface area contributed by atoms with Gasteiger partial charge in [-0.05, 0) is 40.5 Å². The summed E-state index contributed by atoms with van der Waals surface area (Å²) >= 11 is 0. The lowest BCUT2D eigenvalue weighted by atomic mass is 9.99. The number of ether oxygens (including phenoxy) is 2. The molecule has 0 N–H and O–H groups in total. The average Bonchev–Trinajstić information content (AvgIpc) is 2.61. The first-order valence-electron chi connectivity index (χ1n) is 6.54. The summed E-state index contributed by atoms with van der Waals surface area (Å²) in [5.74, 6) is 0. The molecule has 2 fully saturated rings. The van der Waals surface area contributed by atoms with Crippen molar-refractivity contribution < 1.29 is 9.47 Å². The van der Waals surface area contributed by atoms with Crippen molar-refractivity contribution in [1.82, 2.24) is 4.90 Å². The Morgan fingerprint density at radius 3 is 2.69 bits per heavy atom. The lowest BCUT2D eigenvalue weighted by Gasteiger charge is -2.46. The molecule has 1 saturated heterocycles. The maximum atomic E-state index is 5.93. The molecule has 0 bridgehead atoms. The van der Waals surface area contributed by atoms with Crippen LogP contribution >= 0.6 is 0 Å². The van der Waals surface area contributed by atoms with Gasteiger partial charge in [-0.2, -0.15) is 0 Å². The Balaban J connectivity index is 2.06. The number of morpholine rings is 1. The Kier molecular flexibility index (Phi) is 3.57. The molecule has 16 heavy (non-hydrogen) atoms. The lowest BCUT2D eigenvalue weighted by Crippen LogP contribution is -2.58. The van der Waals surface area contributed by atoms with Crippen LogP contribution < -0.4 is 0 Å². The van der Waals surface area contributed by atoms with Crippen molar-refractivity contribution in [1.29, 1.82) is 0 Å². The van der Waals surface area contributed by atoms with Crippen molar-refractivity contribution in [2.75, 3.05) is 19.8 Å². The van der Waals surface area contributed by atoms with Crippen LogP contribution in [0.5, 0.6) is 0 Å². The Labute approximate surface area is 99.1 Å². The zero-order valence-electron chi connectivity index (χ0n) is 11.0. The second-order valence-corrected chi connectivity index (χ2v) is 5.84. The quantitative estimate of drug-likeness (QED) is 0.720. The van der Waals surface area contributed by atoms with Crippen molar-refractivity contribution in [2.24, 2.45) is 0 Å². The van der Waals surface area contributed by atoms with Crippen LogP contribution in [0.4, 0.5) is 0 Å². The fourth-order valence-electron chi connectivity index (χ4n) is 3.14. The molecule has 1 saturated carbocycles. The van der Waals surface area contributed by atoms with Crippen LogP contribution in [0.25, 0.3) is 0 Å². The number of fused-ring (bicyclic) bond motifs is 1. The molecule has 2 rings (SSSR count). The van der Waals surface area contributed by atoms with E-state index in [1.165, 1.54) is 6.42 Å². The Hall–Kier alpha value is -0.120. The van der Waals surface area contributed by atoms with Gasteiger partial charge in [0, 0.05) is 24.7 Å². The highest BCUT2D eigenvalue weighted by molar-refractivity contribution is 4.99. The summed E-state index contributed by atoms with van der Waals surface area (Å²) in [6.45, 7) is 11.7. The molecule has 1 aliphatic heterocycles. The predicted octanol–water partition coefficient (Wildman–Crippen LogP) is 2.05. The standard InChI is InChI=1S/C13H25NO2/c1-5-15-11-7-6-10-12(11)16-9-8-14(10)13(2,3)4/h10-12H,5-9H2,1-4H3. The molecule has 3 atom stereocenters. The number of hydrogen-bond donors (Lipinski definition) is 0. The minimum atomic E-state index is 0.244. The van der Waals surface area contributed by atoms with Crippen LogP contribution in [0, 0.1) is 0 Å². The van der Waals surface area contributed by atoms with Gasteiger partial charge in [-0.1, -0.05) is 0 Å². The van der Waals surface area contributed by atoms with E-state index in [-0.39, 0.29) is 5.54 Å². The topological polar surface area (TPSA) is 21.7 Å². The van der Waals surface area contributed by atoms with Crippen LogP contribution in [-0.4, -0.2) is 48.4 Å². The Morgan fingerprint density at radius 2 is 2.06 bits per heavy atom. The van der Waals surface area contributed by atoms with Crippen molar-refractivity contribution in [3.8, 4) is 0 Å². The van der Waals surface area contributed by atoms with Crippen molar-refractivity contribution in [2.45, 2.75) is 64.3 Å². The summed E-state index contributed by atoms with van der Waals surface area (Å²) < 4.78 is 11.7. The fraction of sp³-hybridized carbons (Fsp3) is 1.00. The number of rotatable bonds is 2. The molecule has 2 aliphatic rings.